The van der Waals surface area contributed by atoms with Crippen LogP contribution >= 0.6 is 0 Å². The van der Waals surface area contributed by atoms with Gasteiger partial charge in [-0.05, 0) is 60.4 Å². The van der Waals surface area contributed by atoms with Crippen LogP contribution in [0.4, 0.5) is 10.5 Å². The van der Waals surface area contributed by atoms with Crippen molar-refractivity contribution in [3.63, 3.8) is 0 Å². The van der Waals surface area contributed by atoms with Gasteiger partial charge in [0.25, 0.3) is 0 Å². The van der Waals surface area contributed by atoms with Gasteiger partial charge < -0.3 is 15.5 Å². The minimum atomic E-state index is -0.236. The molecule has 0 saturated carbocycles. The van der Waals surface area contributed by atoms with E-state index in [4.69, 9.17) is 0 Å². The van der Waals surface area contributed by atoms with Gasteiger partial charge in [0, 0.05) is 30.7 Å². The van der Waals surface area contributed by atoms with Crippen LogP contribution in [0.25, 0.3) is 5.69 Å². The molecule has 9 heteroatoms. The summed E-state index contributed by atoms with van der Waals surface area (Å²) in [5.41, 5.74) is 1.50. The Balaban J connectivity index is 1.45. The summed E-state index contributed by atoms with van der Waals surface area (Å²) >= 11 is 0. The summed E-state index contributed by atoms with van der Waals surface area (Å²) in [5, 5.41) is 16.9. The Morgan fingerprint density at radius 2 is 1.82 bits per heavy atom. The molecule has 0 unspecified atom stereocenters. The maximum Gasteiger partial charge on any atom is 0.319 e. The first-order valence-corrected chi connectivity index (χ1v) is 9.80. The minimum Gasteiger partial charge on any atom is -0.342 e. The van der Waals surface area contributed by atoms with E-state index in [1.54, 1.807) is 16.8 Å². The van der Waals surface area contributed by atoms with E-state index in [0.717, 1.165) is 31.4 Å². The minimum absolute atomic E-state index is 0.0752. The van der Waals surface area contributed by atoms with Gasteiger partial charge in [-0.25, -0.2) is 9.48 Å². The normalized spacial score (nSPS) is 14.9. The standard InChI is InChI=1S/C19H27N7O2/c1-3-14(4-2)18(27)25-11-9-16(10-12-25)22-19(28)21-15-5-7-17(8-6-15)26-13-20-23-24-26/h5-8,13-14,16H,3-4,9-12H2,1-2H3,(H2,21,22,28). The van der Waals surface area contributed by atoms with Crippen LogP contribution < -0.4 is 10.6 Å². The monoisotopic (exact) mass is 385 g/mol. The smallest absolute Gasteiger partial charge is 0.319 e. The fraction of sp³-hybridized carbons (Fsp3) is 0.526. The highest BCUT2D eigenvalue weighted by atomic mass is 16.2. The SMILES string of the molecule is CCC(CC)C(=O)N1CCC(NC(=O)Nc2ccc(-n3cnnn3)cc2)CC1. The number of hydrogen-bond acceptors (Lipinski definition) is 5. The van der Waals surface area contributed by atoms with Crippen LogP contribution in [0.15, 0.2) is 30.6 Å². The molecule has 1 saturated heterocycles. The fourth-order valence-corrected chi connectivity index (χ4v) is 3.47. The molecule has 1 aromatic carbocycles. The molecule has 0 radical (unpaired) electrons. The second kappa shape index (κ2) is 9.29. The number of rotatable bonds is 6. The Bertz CT molecular complexity index is 764. The molecular formula is C19H27N7O2. The number of anilines is 1. The number of carbonyl (C=O) groups excluding carboxylic acids is 2. The molecule has 1 aliphatic heterocycles. The number of benzene rings is 1. The van der Waals surface area contributed by atoms with Crippen molar-refractivity contribution >= 4 is 17.6 Å². The molecule has 1 aliphatic rings. The van der Waals surface area contributed by atoms with Gasteiger partial charge in [-0.3, -0.25) is 4.79 Å². The molecule has 2 N–H and O–H groups in total. The first-order chi connectivity index (χ1) is 13.6. The molecule has 0 aliphatic carbocycles. The molecule has 3 rings (SSSR count). The number of likely N-dealkylation sites (tertiary alicyclic amines) is 1. The van der Waals surface area contributed by atoms with Crippen molar-refractivity contribution in [1.29, 1.82) is 0 Å². The van der Waals surface area contributed by atoms with Crippen molar-refractivity contribution in [2.24, 2.45) is 5.92 Å². The number of amides is 3. The molecule has 9 nitrogen and oxygen atoms in total. The molecule has 0 bridgehead atoms. The number of hydrogen-bond donors (Lipinski definition) is 2. The number of carbonyl (C=O) groups is 2. The summed E-state index contributed by atoms with van der Waals surface area (Å²) in [6, 6.07) is 7.09. The lowest BCUT2D eigenvalue weighted by atomic mass is 9.98. The number of tetrazole rings is 1. The summed E-state index contributed by atoms with van der Waals surface area (Å²) in [6.07, 6.45) is 4.81. The summed E-state index contributed by atoms with van der Waals surface area (Å²) in [4.78, 5) is 26.7. The number of aromatic nitrogens is 4. The van der Waals surface area contributed by atoms with E-state index in [0.29, 0.717) is 18.8 Å². The van der Waals surface area contributed by atoms with Gasteiger partial charge >= 0.3 is 6.03 Å². The average molecular weight is 385 g/mol. The van der Waals surface area contributed by atoms with Gasteiger partial charge in [0.1, 0.15) is 6.33 Å². The van der Waals surface area contributed by atoms with Gasteiger partial charge in [0.05, 0.1) is 5.69 Å². The highest BCUT2D eigenvalue weighted by molar-refractivity contribution is 5.89. The van der Waals surface area contributed by atoms with Crippen molar-refractivity contribution in [3.05, 3.63) is 30.6 Å². The zero-order valence-corrected chi connectivity index (χ0v) is 16.3. The third kappa shape index (κ3) is 4.85. The quantitative estimate of drug-likeness (QED) is 0.793. The Labute approximate surface area is 164 Å². The number of urea groups is 1. The molecule has 28 heavy (non-hydrogen) atoms. The molecule has 2 heterocycles. The van der Waals surface area contributed by atoms with Gasteiger partial charge in [-0.2, -0.15) is 0 Å². The number of piperidine rings is 1. The number of nitrogens with one attached hydrogen (secondary N) is 2. The van der Waals surface area contributed by atoms with Crippen molar-refractivity contribution in [2.45, 2.75) is 45.6 Å². The lowest BCUT2D eigenvalue weighted by molar-refractivity contribution is -0.136. The lowest BCUT2D eigenvalue weighted by Gasteiger charge is -2.34. The molecule has 0 spiro atoms. The Morgan fingerprint density at radius 1 is 1.14 bits per heavy atom. The predicted molar refractivity (Wildman–Crippen MR) is 105 cm³/mol. The van der Waals surface area contributed by atoms with Crippen molar-refractivity contribution < 1.29 is 9.59 Å². The van der Waals surface area contributed by atoms with E-state index in [1.165, 1.54) is 6.33 Å². The fourth-order valence-electron chi connectivity index (χ4n) is 3.47. The maximum atomic E-state index is 12.5. The van der Waals surface area contributed by atoms with Crippen LogP contribution in [0.1, 0.15) is 39.5 Å². The first-order valence-electron chi connectivity index (χ1n) is 9.80. The molecule has 3 amide bonds. The molecule has 150 valence electrons. The van der Waals surface area contributed by atoms with Crippen LogP contribution in [0.5, 0.6) is 0 Å². The van der Waals surface area contributed by atoms with Crippen LogP contribution in [-0.2, 0) is 4.79 Å². The van der Waals surface area contributed by atoms with Crippen molar-refractivity contribution in [2.75, 3.05) is 18.4 Å². The van der Waals surface area contributed by atoms with Crippen LogP contribution in [0, 0.1) is 5.92 Å². The molecular weight excluding hydrogens is 358 g/mol. The Kier molecular flexibility index (Phi) is 6.57. The van der Waals surface area contributed by atoms with E-state index in [2.05, 4.69) is 40.0 Å². The van der Waals surface area contributed by atoms with Crippen molar-refractivity contribution in [3.8, 4) is 5.69 Å². The Morgan fingerprint density at radius 3 is 2.39 bits per heavy atom. The lowest BCUT2D eigenvalue weighted by Crippen LogP contribution is -2.48. The topological polar surface area (TPSA) is 105 Å². The summed E-state index contributed by atoms with van der Waals surface area (Å²) in [7, 11) is 0. The maximum absolute atomic E-state index is 12.5. The third-order valence-corrected chi connectivity index (χ3v) is 5.22. The molecule has 1 aromatic heterocycles. The zero-order chi connectivity index (χ0) is 19.9. The molecule has 0 atom stereocenters. The third-order valence-electron chi connectivity index (χ3n) is 5.22. The largest absolute Gasteiger partial charge is 0.342 e. The van der Waals surface area contributed by atoms with Crippen LogP contribution in [-0.4, -0.2) is 56.2 Å². The Hall–Kier alpha value is -2.97. The van der Waals surface area contributed by atoms with Crippen molar-refractivity contribution in [1.82, 2.24) is 30.4 Å². The second-order valence-corrected chi connectivity index (χ2v) is 7.01. The highest BCUT2D eigenvalue weighted by Gasteiger charge is 2.27. The predicted octanol–water partition coefficient (Wildman–Crippen LogP) is 2.21. The van der Waals surface area contributed by atoms with E-state index >= 15 is 0 Å². The van der Waals surface area contributed by atoms with Gasteiger partial charge in [0.2, 0.25) is 5.91 Å². The second-order valence-electron chi connectivity index (χ2n) is 7.01. The van der Waals surface area contributed by atoms with E-state index < -0.39 is 0 Å². The summed E-state index contributed by atoms with van der Waals surface area (Å²) in [6.45, 7) is 5.50. The van der Waals surface area contributed by atoms with Gasteiger partial charge in [-0.1, -0.05) is 13.8 Å². The summed E-state index contributed by atoms with van der Waals surface area (Å²) in [5.74, 6) is 0.361. The highest BCUT2D eigenvalue weighted by Crippen LogP contribution is 2.18. The average Bonchev–Trinajstić information content (AvgIpc) is 3.25. The van der Waals surface area contributed by atoms with Crippen LogP contribution in [0.3, 0.4) is 0 Å². The van der Waals surface area contributed by atoms with Crippen LogP contribution in [0.2, 0.25) is 0 Å². The van der Waals surface area contributed by atoms with E-state index in [-0.39, 0.29) is 23.9 Å². The summed E-state index contributed by atoms with van der Waals surface area (Å²) < 4.78 is 1.54. The van der Waals surface area contributed by atoms with Gasteiger partial charge in [-0.15, -0.1) is 5.10 Å². The number of nitrogens with zero attached hydrogens (tertiary/aromatic N) is 5. The molecule has 2 aromatic rings. The van der Waals surface area contributed by atoms with E-state index in [1.807, 2.05) is 17.0 Å². The van der Waals surface area contributed by atoms with E-state index in [9.17, 15) is 9.59 Å². The zero-order valence-electron chi connectivity index (χ0n) is 16.3. The van der Waals surface area contributed by atoms with Gasteiger partial charge in [0.15, 0.2) is 0 Å². The molecule has 1 fully saturated rings. The first kappa shape index (κ1) is 19.8.